The summed E-state index contributed by atoms with van der Waals surface area (Å²) in [6.45, 7) is 3.73. The Labute approximate surface area is 157 Å². The van der Waals surface area contributed by atoms with Gasteiger partial charge >= 0.3 is 0 Å². The van der Waals surface area contributed by atoms with Gasteiger partial charge in [-0.05, 0) is 55.8 Å². The number of anilines is 1. The van der Waals surface area contributed by atoms with Gasteiger partial charge < -0.3 is 10.0 Å². The van der Waals surface area contributed by atoms with Crippen LogP contribution in [0.15, 0.2) is 52.7 Å². The molecule has 1 N–H and O–H groups in total. The van der Waals surface area contributed by atoms with E-state index in [2.05, 4.69) is 15.3 Å². The fourth-order valence-electron chi connectivity index (χ4n) is 2.49. The summed E-state index contributed by atoms with van der Waals surface area (Å²) in [5, 5.41) is 23.7. The molecule has 0 amide bonds. The van der Waals surface area contributed by atoms with Crippen LogP contribution in [0.5, 0.6) is 5.88 Å². The molecule has 0 aliphatic carbocycles. The SMILES string of the molecule is Cc1ccc(N=Nc2c(C)nn(-c3ccc(N(C)C)cc3)c2O)c(Cl)c1. The van der Waals surface area contributed by atoms with Crippen LogP contribution in [0.3, 0.4) is 0 Å². The van der Waals surface area contributed by atoms with Crippen LogP contribution in [-0.2, 0) is 0 Å². The first-order valence-electron chi connectivity index (χ1n) is 8.11. The normalized spacial score (nSPS) is 11.3. The van der Waals surface area contributed by atoms with Crippen LogP contribution < -0.4 is 4.90 Å². The lowest BCUT2D eigenvalue weighted by Crippen LogP contribution is -2.08. The van der Waals surface area contributed by atoms with Crippen LogP contribution in [0.4, 0.5) is 17.1 Å². The Bertz CT molecular complexity index is 961. The first-order valence-corrected chi connectivity index (χ1v) is 8.49. The molecule has 2 aromatic carbocycles. The van der Waals surface area contributed by atoms with Gasteiger partial charge in [-0.25, -0.2) is 0 Å². The van der Waals surface area contributed by atoms with Crippen LogP contribution in [0.2, 0.25) is 5.02 Å². The number of azo groups is 1. The van der Waals surface area contributed by atoms with Crippen molar-refractivity contribution in [2.24, 2.45) is 10.2 Å². The highest BCUT2D eigenvalue weighted by molar-refractivity contribution is 6.33. The molecule has 0 bridgehead atoms. The summed E-state index contributed by atoms with van der Waals surface area (Å²) in [5.41, 5.74) is 4.28. The second kappa shape index (κ2) is 7.17. The topological polar surface area (TPSA) is 66.0 Å². The average Bonchev–Trinajstić information content (AvgIpc) is 2.89. The maximum Gasteiger partial charge on any atom is 0.243 e. The lowest BCUT2D eigenvalue weighted by atomic mass is 10.2. The largest absolute Gasteiger partial charge is 0.492 e. The number of hydrogen-bond donors (Lipinski definition) is 1. The highest BCUT2D eigenvalue weighted by atomic mass is 35.5. The molecule has 0 saturated heterocycles. The van der Waals surface area contributed by atoms with Gasteiger partial charge in [-0.2, -0.15) is 9.78 Å². The standard InChI is InChI=1S/C19H20ClN5O/c1-12-5-10-17(16(20)11-12)21-22-18-13(2)23-25(19(18)26)15-8-6-14(7-9-15)24(3)4/h5-11,26H,1-4H3. The van der Waals surface area contributed by atoms with Gasteiger partial charge in [0, 0.05) is 19.8 Å². The fourth-order valence-corrected chi connectivity index (χ4v) is 2.77. The fraction of sp³-hybridized carbons (Fsp3) is 0.211. The van der Waals surface area contributed by atoms with Crippen molar-refractivity contribution in [3.63, 3.8) is 0 Å². The Morgan fingerprint density at radius 3 is 2.35 bits per heavy atom. The molecular weight excluding hydrogens is 350 g/mol. The van der Waals surface area contributed by atoms with Gasteiger partial charge in [0.15, 0.2) is 5.69 Å². The maximum absolute atomic E-state index is 10.5. The monoisotopic (exact) mass is 369 g/mol. The summed E-state index contributed by atoms with van der Waals surface area (Å²) in [6.07, 6.45) is 0. The molecule has 0 fully saturated rings. The average molecular weight is 370 g/mol. The third-order valence-corrected chi connectivity index (χ3v) is 4.28. The van der Waals surface area contributed by atoms with E-state index < -0.39 is 0 Å². The molecule has 0 radical (unpaired) electrons. The van der Waals surface area contributed by atoms with Crippen molar-refractivity contribution in [1.82, 2.24) is 9.78 Å². The van der Waals surface area contributed by atoms with E-state index in [0.29, 0.717) is 22.1 Å². The smallest absolute Gasteiger partial charge is 0.243 e. The van der Waals surface area contributed by atoms with E-state index in [0.717, 1.165) is 16.9 Å². The highest BCUT2D eigenvalue weighted by Gasteiger charge is 2.16. The number of rotatable bonds is 4. The minimum Gasteiger partial charge on any atom is -0.492 e. The molecule has 0 aliphatic rings. The van der Waals surface area contributed by atoms with E-state index in [1.807, 2.05) is 62.3 Å². The summed E-state index contributed by atoms with van der Waals surface area (Å²) < 4.78 is 1.44. The van der Waals surface area contributed by atoms with Crippen LogP contribution in [-0.4, -0.2) is 29.0 Å². The number of benzene rings is 2. The molecule has 0 saturated carbocycles. The summed E-state index contributed by atoms with van der Waals surface area (Å²) >= 11 is 6.18. The van der Waals surface area contributed by atoms with E-state index in [9.17, 15) is 5.11 Å². The van der Waals surface area contributed by atoms with Crippen molar-refractivity contribution in [1.29, 1.82) is 0 Å². The Morgan fingerprint density at radius 1 is 1.04 bits per heavy atom. The summed E-state index contributed by atoms with van der Waals surface area (Å²) in [6, 6.07) is 13.2. The van der Waals surface area contributed by atoms with Crippen molar-refractivity contribution in [2.75, 3.05) is 19.0 Å². The zero-order chi connectivity index (χ0) is 18.8. The molecule has 7 heteroatoms. The maximum atomic E-state index is 10.5. The molecule has 1 heterocycles. The molecule has 1 aromatic heterocycles. The lowest BCUT2D eigenvalue weighted by Gasteiger charge is -2.12. The van der Waals surface area contributed by atoms with Gasteiger partial charge in [-0.15, -0.1) is 10.2 Å². The number of aryl methyl sites for hydroxylation is 2. The second-order valence-electron chi connectivity index (χ2n) is 6.24. The molecule has 0 aliphatic heterocycles. The Kier molecular flexibility index (Phi) is 4.95. The molecule has 0 unspecified atom stereocenters. The Hall–Kier alpha value is -2.86. The van der Waals surface area contributed by atoms with E-state index in [4.69, 9.17) is 11.6 Å². The quantitative estimate of drug-likeness (QED) is 0.632. The number of halogens is 1. The van der Waals surface area contributed by atoms with Crippen LogP contribution >= 0.6 is 11.6 Å². The zero-order valence-electron chi connectivity index (χ0n) is 15.1. The van der Waals surface area contributed by atoms with Crippen LogP contribution in [0, 0.1) is 13.8 Å². The third kappa shape index (κ3) is 3.55. The van der Waals surface area contributed by atoms with Crippen molar-refractivity contribution in [2.45, 2.75) is 13.8 Å². The molecule has 6 nitrogen and oxygen atoms in total. The molecule has 26 heavy (non-hydrogen) atoms. The number of nitrogens with zero attached hydrogens (tertiary/aromatic N) is 5. The van der Waals surface area contributed by atoms with E-state index >= 15 is 0 Å². The van der Waals surface area contributed by atoms with Gasteiger partial charge in [0.1, 0.15) is 5.69 Å². The summed E-state index contributed by atoms with van der Waals surface area (Å²) in [7, 11) is 3.94. The van der Waals surface area contributed by atoms with Gasteiger partial charge in [-0.1, -0.05) is 17.7 Å². The minimum atomic E-state index is -0.0629. The summed E-state index contributed by atoms with van der Waals surface area (Å²) in [5.74, 6) is -0.0629. The molecule has 3 aromatic rings. The van der Waals surface area contributed by atoms with E-state index in [1.54, 1.807) is 13.0 Å². The van der Waals surface area contributed by atoms with Crippen molar-refractivity contribution in [3.8, 4) is 11.6 Å². The zero-order valence-corrected chi connectivity index (χ0v) is 15.9. The number of aromatic nitrogens is 2. The van der Waals surface area contributed by atoms with E-state index in [1.165, 1.54) is 4.68 Å². The second-order valence-corrected chi connectivity index (χ2v) is 6.64. The Balaban J connectivity index is 1.94. The highest BCUT2D eigenvalue weighted by Crippen LogP contribution is 2.35. The lowest BCUT2D eigenvalue weighted by molar-refractivity contribution is 0.434. The first-order chi connectivity index (χ1) is 12.4. The van der Waals surface area contributed by atoms with Gasteiger partial charge in [0.05, 0.1) is 16.4 Å². The van der Waals surface area contributed by atoms with Gasteiger partial charge in [0.2, 0.25) is 5.88 Å². The van der Waals surface area contributed by atoms with Gasteiger partial charge in [0.25, 0.3) is 0 Å². The van der Waals surface area contributed by atoms with Gasteiger partial charge in [-0.3, -0.25) is 0 Å². The molecule has 0 atom stereocenters. The third-order valence-electron chi connectivity index (χ3n) is 3.98. The van der Waals surface area contributed by atoms with Crippen LogP contribution in [0.1, 0.15) is 11.3 Å². The molecule has 134 valence electrons. The summed E-state index contributed by atoms with van der Waals surface area (Å²) in [4.78, 5) is 2.00. The molecule has 0 spiro atoms. The Morgan fingerprint density at radius 2 is 1.73 bits per heavy atom. The number of hydrogen-bond acceptors (Lipinski definition) is 5. The van der Waals surface area contributed by atoms with Crippen molar-refractivity contribution in [3.05, 3.63) is 58.7 Å². The molecule has 3 rings (SSSR count). The van der Waals surface area contributed by atoms with Crippen molar-refractivity contribution >= 4 is 28.7 Å². The predicted octanol–water partition coefficient (Wildman–Crippen LogP) is 5.33. The number of aromatic hydroxyl groups is 1. The van der Waals surface area contributed by atoms with Crippen molar-refractivity contribution < 1.29 is 5.11 Å². The van der Waals surface area contributed by atoms with E-state index in [-0.39, 0.29) is 5.88 Å². The van der Waals surface area contributed by atoms with Crippen LogP contribution in [0.25, 0.3) is 5.69 Å². The first kappa shape index (κ1) is 17.9. The molecular formula is C19H20ClN5O. The predicted molar refractivity (Wildman–Crippen MR) is 105 cm³/mol. The minimum absolute atomic E-state index is 0.0629.